The van der Waals surface area contributed by atoms with E-state index in [1.54, 1.807) is 12.3 Å². The van der Waals surface area contributed by atoms with Crippen molar-refractivity contribution in [3.63, 3.8) is 0 Å². The van der Waals surface area contributed by atoms with Gasteiger partial charge in [0.25, 0.3) is 11.1 Å². The molecule has 0 bridgehead atoms. The molecule has 0 aromatic carbocycles. The van der Waals surface area contributed by atoms with Crippen LogP contribution in [0.3, 0.4) is 0 Å². The van der Waals surface area contributed by atoms with E-state index in [0.717, 1.165) is 22.6 Å². The molecule has 0 aliphatic rings. The lowest BCUT2D eigenvalue weighted by molar-refractivity contribution is 0.102. The van der Waals surface area contributed by atoms with Crippen LogP contribution in [0.25, 0.3) is 22.4 Å². The van der Waals surface area contributed by atoms with Gasteiger partial charge in [-0.05, 0) is 30.4 Å². The van der Waals surface area contributed by atoms with Gasteiger partial charge in [-0.3, -0.25) is 15.1 Å². The fourth-order valence-corrected chi connectivity index (χ4v) is 3.02. The molecule has 0 aliphatic heterocycles. The third kappa shape index (κ3) is 2.86. The second kappa shape index (κ2) is 6.48. The van der Waals surface area contributed by atoms with Crippen molar-refractivity contribution in [1.29, 1.82) is 0 Å². The van der Waals surface area contributed by atoms with E-state index < -0.39 is 0 Å². The van der Waals surface area contributed by atoms with Gasteiger partial charge in [0.05, 0.1) is 12.7 Å². The Morgan fingerprint density at radius 2 is 2.12 bits per heavy atom. The Balaban J connectivity index is 1.77. The van der Waals surface area contributed by atoms with E-state index in [9.17, 15) is 4.79 Å². The van der Waals surface area contributed by atoms with Crippen molar-refractivity contribution in [3.8, 4) is 16.3 Å². The van der Waals surface area contributed by atoms with Crippen LogP contribution in [0.2, 0.25) is 0 Å². The number of aryl methyl sites for hydroxylation is 1. The first-order valence-electron chi connectivity index (χ1n) is 7.50. The van der Waals surface area contributed by atoms with Crippen LogP contribution in [-0.2, 0) is 0 Å². The zero-order valence-corrected chi connectivity index (χ0v) is 14.6. The molecule has 9 nitrogen and oxygen atoms in total. The Kier molecular flexibility index (Phi) is 4.01. The summed E-state index contributed by atoms with van der Waals surface area (Å²) in [6.45, 7) is 1.85. The quantitative estimate of drug-likeness (QED) is 0.584. The fourth-order valence-electron chi connectivity index (χ4n) is 2.46. The number of anilines is 1. The number of methoxy groups -OCH3 is 1. The summed E-state index contributed by atoms with van der Waals surface area (Å²) in [4.78, 5) is 25.4. The summed E-state index contributed by atoms with van der Waals surface area (Å²) in [6, 6.07) is 3.60. The number of nitrogens with one attached hydrogen (secondary N) is 1. The van der Waals surface area contributed by atoms with E-state index in [1.807, 2.05) is 13.0 Å². The molecule has 1 N–H and O–H groups in total. The lowest BCUT2D eigenvalue weighted by Crippen LogP contribution is -2.14. The van der Waals surface area contributed by atoms with Crippen molar-refractivity contribution >= 4 is 33.6 Å². The summed E-state index contributed by atoms with van der Waals surface area (Å²) in [6.07, 6.45) is 4.45. The van der Waals surface area contributed by atoms with Gasteiger partial charge in [-0.2, -0.15) is 0 Å². The molecule has 0 atom stereocenters. The zero-order chi connectivity index (χ0) is 18.1. The summed E-state index contributed by atoms with van der Waals surface area (Å²) in [5.74, 6) is -0.361. The van der Waals surface area contributed by atoms with Gasteiger partial charge in [-0.15, -0.1) is 5.10 Å². The molecule has 0 unspecified atom stereocenters. The second-order valence-electron chi connectivity index (χ2n) is 5.27. The van der Waals surface area contributed by atoms with Crippen LogP contribution in [0.15, 0.2) is 35.3 Å². The highest BCUT2D eigenvalue weighted by atomic mass is 32.1. The van der Waals surface area contributed by atoms with Crippen LogP contribution in [0.1, 0.15) is 16.1 Å². The predicted molar refractivity (Wildman–Crippen MR) is 94.2 cm³/mol. The lowest BCUT2D eigenvalue weighted by Gasteiger charge is -2.10. The Bertz CT molecular complexity index is 1110. The highest BCUT2D eigenvalue weighted by molar-refractivity contribution is 7.17. The Morgan fingerprint density at radius 1 is 1.23 bits per heavy atom. The van der Waals surface area contributed by atoms with Crippen LogP contribution in [0.4, 0.5) is 5.13 Å². The first-order chi connectivity index (χ1) is 12.7. The number of ether oxygens (including phenoxy) is 1. The lowest BCUT2D eigenvalue weighted by atomic mass is 10.0. The summed E-state index contributed by atoms with van der Waals surface area (Å²) in [7, 11) is 1.49. The van der Waals surface area contributed by atoms with Crippen molar-refractivity contribution in [2.75, 3.05) is 12.4 Å². The van der Waals surface area contributed by atoms with Gasteiger partial charge in [0.15, 0.2) is 6.39 Å². The van der Waals surface area contributed by atoms with Crippen LogP contribution in [0.5, 0.6) is 5.19 Å². The number of carbonyl (C=O) groups is 1. The second-order valence-corrected chi connectivity index (χ2v) is 6.21. The molecule has 4 aromatic heterocycles. The highest BCUT2D eigenvalue weighted by Crippen LogP contribution is 2.30. The molecular weight excluding hydrogens is 356 g/mol. The monoisotopic (exact) mass is 368 g/mol. The van der Waals surface area contributed by atoms with Crippen molar-refractivity contribution in [3.05, 3.63) is 42.2 Å². The number of oxazole rings is 1. The van der Waals surface area contributed by atoms with Gasteiger partial charge in [0.2, 0.25) is 10.8 Å². The van der Waals surface area contributed by atoms with Gasteiger partial charge in [-0.1, -0.05) is 5.10 Å². The van der Waals surface area contributed by atoms with Gasteiger partial charge in [0, 0.05) is 29.2 Å². The van der Waals surface area contributed by atoms with Crippen LogP contribution in [0, 0.1) is 6.92 Å². The minimum atomic E-state index is -0.361. The number of hydrogen-bond donors (Lipinski definition) is 1. The molecule has 0 radical (unpaired) electrons. The minimum Gasteiger partial charge on any atom is -0.472 e. The molecule has 0 aliphatic carbocycles. The number of amides is 1. The number of rotatable bonds is 4. The summed E-state index contributed by atoms with van der Waals surface area (Å²) < 4.78 is 10.2. The largest absolute Gasteiger partial charge is 0.472 e. The van der Waals surface area contributed by atoms with Crippen molar-refractivity contribution in [1.82, 2.24) is 25.1 Å². The topological polar surface area (TPSA) is 116 Å². The Hall–Kier alpha value is -3.40. The molecule has 4 rings (SSSR count). The Morgan fingerprint density at radius 3 is 2.92 bits per heavy atom. The van der Waals surface area contributed by atoms with Gasteiger partial charge in [0.1, 0.15) is 5.52 Å². The number of carbonyl (C=O) groups excluding carboxylic acids is 1. The van der Waals surface area contributed by atoms with Crippen LogP contribution >= 0.6 is 11.3 Å². The highest BCUT2D eigenvalue weighted by Gasteiger charge is 2.19. The number of nitrogens with zero attached hydrogens (tertiary/aromatic N) is 5. The normalized spacial score (nSPS) is 10.8. The summed E-state index contributed by atoms with van der Waals surface area (Å²) >= 11 is 1.13. The molecule has 10 heteroatoms. The van der Waals surface area contributed by atoms with E-state index in [2.05, 4.69) is 30.5 Å². The van der Waals surface area contributed by atoms with E-state index in [0.29, 0.717) is 32.7 Å². The van der Waals surface area contributed by atoms with Gasteiger partial charge < -0.3 is 9.15 Å². The molecule has 0 fully saturated rings. The van der Waals surface area contributed by atoms with E-state index in [4.69, 9.17) is 9.15 Å². The smallest absolute Gasteiger partial charge is 0.295 e. The molecule has 4 aromatic rings. The van der Waals surface area contributed by atoms with Crippen LogP contribution < -0.4 is 10.1 Å². The number of fused-ring (bicyclic) bond motifs is 1. The minimum absolute atomic E-state index is 0.333. The Labute approximate surface area is 151 Å². The van der Waals surface area contributed by atoms with Crippen molar-refractivity contribution < 1.29 is 13.9 Å². The molecule has 26 heavy (non-hydrogen) atoms. The fraction of sp³-hybridized carbons (Fsp3) is 0.125. The predicted octanol–water partition coefficient (Wildman–Crippen LogP) is 2.71. The maximum absolute atomic E-state index is 12.8. The zero-order valence-electron chi connectivity index (χ0n) is 13.8. The SMILES string of the molecule is COc1nnc(NC(=O)c2cnc(C)cc2-c2ccnc3ocnc23)s1. The molecule has 0 spiro atoms. The summed E-state index contributed by atoms with van der Waals surface area (Å²) in [5, 5.41) is 11.1. The molecule has 1 amide bonds. The van der Waals surface area contributed by atoms with Crippen molar-refractivity contribution in [2.24, 2.45) is 0 Å². The molecule has 4 heterocycles. The van der Waals surface area contributed by atoms with Gasteiger partial charge >= 0.3 is 0 Å². The summed E-state index contributed by atoms with van der Waals surface area (Å²) in [5.41, 5.74) is 3.52. The van der Waals surface area contributed by atoms with Crippen molar-refractivity contribution in [2.45, 2.75) is 6.92 Å². The molecular formula is C16H12N6O3S. The first-order valence-corrected chi connectivity index (χ1v) is 8.31. The third-order valence-electron chi connectivity index (χ3n) is 3.61. The first kappa shape index (κ1) is 16.1. The average Bonchev–Trinajstić information content (AvgIpc) is 3.30. The average molecular weight is 368 g/mol. The van der Waals surface area contributed by atoms with E-state index >= 15 is 0 Å². The molecule has 0 saturated heterocycles. The number of aromatic nitrogens is 5. The van der Waals surface area contributed by atoms with E-state index in [-0.39, 0.29) is 5.91 Å². The molecule has 0 saturated carbocycles. The standard InChI is InChI=1S/C16H12N6O3S/c1-8-5-10(9-3-4-17-14-12(9)19-7-25-14)11(6-18-8)13(23)20-15-21-22-16(24-2)26-15/h3-7H,1-2H3,(H,20,21,23). The van der Waals surface area contributed by atoms with E-state index in [1.165, 1.54) is 19.7 Å². The van der Waals surface area contributed by atoms with Gasteiger partial charge in [-0.25, -0.2) is 9.97 Å². The maximum Gasteiger partial charge on any atom is 0.295 e. The number of pyridine rings is 2. The maximum atomic E-state index is 12.8. The number of hydrogen-bond acceptors (Lipinski definition) is 9. The molecule has 130 valence electrons. The van der Waals surface area contributed by atoms with Crippen LogP contribution in [-0.4, -0.2) is 38.2 Å². The third-order valence-corrected chi connectivity index (χ3v) is 4.41.